The maximum atomic E-state index is 12.6. The van der Waals surface area contributed by atoms with Crippen LogP contribution in [0.5, 0.6) is 0 Å². The average molecular weight is 430 g/mol. The van der Waals surface area contributed by atoms with Gasteiger partial charge in [-0.2, -0.15) is 4.31 Å². The molecule has 0 radical (unpaired) electrons. The van der Waals surface area contributed by atoms with E-state index in [9.17, 15) is 13.2 Å². The van der Waals surface area contributed by atoms with E-state index in [0.717, 1.165) is 25.9 Å². The Labute approximate surface area is 179 Å². The summed E-state index contributed by atoms with van der Waals surface area (Å²) in [5.41, 5.74) is 2.49. The van der Waals surface area contributed by atoms with Crippen LogP contribution in [-0.2, 0) is 22.2 Å². The minimum absolute atomic E-state index is 0.0356. The number of amides is 1. The van der Waals surface area contributed by atoms with Crippen molar-refractivity contribution >= 4 is 15.9 Å². The predicted octanol–water partition coefficient (Wildman–Crippen LogP) is 2.51. The summed E-state index contributed by atoms with van der Waals surface area (Å²) in [7, 11) is -1.34. The lowest BCUT2D eigenvalue weighted by Crippen LogP contribution is -2.47. The molecule has 7 heteroatoms. The smallest absolute Gasteiger partial charge is 0.251 e. The number of sulfonamides is 1. The molecule has 162 valence electrons. The molecule has 0 aromatic heterocycles. The lowest BCUT2D eigenvalue weighted by Gasteiger charge is -2.31. The molecule has 1 N–H and O–H groups in total. The molecule has 2 aromatic carbocycles. The molecule has 2 aromatic rings. The zero-order valence-electron chi connectivity index (χ0n) is 17.8. The van der Waals surface area contributed by atoms with Gasteiger partial charge in [0.15, 0.2) is 0 Å². The molecule has 3 rings (SSSR count). The highest BCUT2D eigenvalue weighted by Gasteiger charge is 2.25. The molecule has 1 fully saturated rings. The van der Waals surface area contributed by atoms with Gasteiger partial charge in [0.2, 0.25) is 10.0 Å². The molecule has 0 saturated carbocycles. The van der Waals surface area contributed by atoms with E-state index in [0.29, 0.717) is 24.2 Å². The van der Waals surface area contributed by atoms with Crippen LogP contribution >= 0.6 is 0 Å². The van der Waals surface area contributed by atoms with Crippen molar-refractivity contribution in [2.45, 2.75) is 31.6 Å². The Kier molecular flexibility index (Phi) is 7.64. The van der Waals surface area contributed by atoms with Gasteiger partial charge in [-0.15, -0.1) is 0 Å². The van der Waals surface area contributed by atoms with Crippen molar-refractivity contribution in [1.82, 2.24) is 14.5 Å². The highest BCUT2D eigenvalue weighted by molar-refractivity contribution is 7.88. The van der Waals surface area contributed by atoms with Crippen LogP contribution in [0, 0.1) is 0 Å². The van der Waals surface area contributed by atoms with Crippen LogP contribution < -0.4 is 5.32 Å². The number of carbonyl (C=O) groups excluding carboxylic acids is 1. The zero-order chi connectivity index (χ0) is 21.6. The van der Waals surface area contributed by atoms with Gasteiger partial charge in [0.1, 0.15) is 0 Å². The van der Waals surface area contributed by atoms with Gasteiger partial charge in [0.25, 0.3) is 5.91 Å². The molecule has 1 aliphatic heterocycles. The monoisotopic (exact) mass is 429 g/mol. The van der Waals surface area contributed by atoms with E-state index >= 15 is 0 Å². The van der Waals surface area contributed by atoms with Gasteiger partial charge >= 0.3 is 0 Å². The van der Waals surface area contributed by atoms with Crippen molar-refractivity contribution in [3.63, 3.8) is 0 Å². The van der Waals surface area contributed by atoms with Gasteiger partial charge in [-0.25, -0.2) is 8.42 Å². The second kappa shape index (κ2) is 10.2. The van der Waals surface area contributed by atoms with Crippen molar-refractivity contribution in [1.29, 1.82) is 0 Å². The van der Waals surface area contributed by atoms with Crippen LogP contribution in [-0.4, -0.2) is 62.8 Å². The van der Waals surface area contributed by atoms with Gasteiger partial charge in [-0.3, -0.25) is 4.79 Å². The van der Waals surface area contributed by atoms with E-state index in [2.05, 4.69) is 22.3 Å². The van der Waals surface area contributed by atoms with Gasteiger partial charge in [-0.05, 0) is 50.1 Å². The normalized spacial score (nSPS) is 16.9. The quantitative estimate of drug-likeness (QED) is 0.700. The van der Waals surface area contributed by atoms with Crippen molar-refractivity contribution in [3.8, 4) is 0 Å². The van der Waals surface area contributed by atoms with Crippen molar-refractivity contribution in [2.24, 2.45) is 0 Å². The summed E-state index contributed by atoms with van der Waals surface area (Å²) in [6.45, 7) is 4.56. The number of nitrogens with zero attached hydrogens (tertiary/aromatic N) is 2. The Hall–Kier alpha value is -2.22. The third-order valence-corrected chi connectivity index (χ3v) is 7.36. The summed E-state index contributed by atoms with van der Waals surface area (Å²) in [6, 6.07) is 17.1. The number of carbonyl (C=O) groups is 1. The fourth-order valence-electron chi connectivity index (χ4n) is 3.53. The average Bonchev–Trinajstić information content (AvgIpc) is 2.73. The fourth-order valence-corrected chi connectivity index (χ4v) is 5.04. The largest absolute Gasteiger partial charge is 0.350 e. The number of rotatable bonds is 8. The van der Waals surface area contributed by atoms with Gasteiger partial charge in [-0.1, -0.05) is 42.5 Å². The summed E-state index contributed by atoms with van der Waals surface area (Å²) in [6.07, 6.45) is 1.77. The molecule has 0 bridgehead atoms. The molecule has 1 aliphatic rings. The Morgan fingerprint density at radius 2 is 1.60 bits per heavy atom. The molecule has 1 atom stereocenters. The molecule has 0 aliphatic carbocycles. The van der Waals surface area contributed by atoms with Crippen LogP contribution in [0.15, 0.2) is 54.6 Å². The highest BCUT2D eigenvalue weighted by Crippen LogP contribution is 2.14. The lowest BCUT2D eigenvalue weighted by atomic mass is 10.1. The molecule has 0 spiro atoms. The van der Waals surface area contributed by atoms with Gasteiger partial charge in [0.05, 0.1) is 5.75 Å². The van der Waals surface area contributed by atoms with E-state index in [1.807, 2.05) is 32.2 Å². The number of benzene rings is 2. The first-order chi connectivity index (χ1) is 14.3. The van der Waals surface area contributed by atoms with E-state index in [-0.39, 0.29) is 17.7 Å². The molecule has 6 nitrogen and oxygen atoms in total. The number of piperazine rings is 1. The summed E-state index contributed by atoms with van der Waals surface area (Å²) < 4.78 is 26.8. The second-order valence-corrected chi connectivity index (χ2v) is 10.0. The van der Waals surface area contributed by atoms with E-state index in [1.165, 1.54) is 5.56 Å². The lowest BCUT2D eigenvalue weighted by molar-refractivity contribution is 0.0938. The summed E-state index contributed by atoms with van der Waals surface area (Å²) >= 11 is 0. The maximum absolute atomic E-state index is 12.6. The molecular formula is C23H31N3O3S. The summed E-state index contributed by atoms with van der Waals surface area (Å²) in [4.78, 5) is 14.6. The highest BCUT2D eigenvalue weighted by atomic mass is 32.2. The molecular weight excluding hydrogens is 398 g/mol. The molecule has 0 unspecified atom stereocenters. The van der Waals surface area contributed by atoms with E-state index in [1.54, 1.807) is 28.6 Å². The first-order valence-electron chi connectivity index (χ1n) is 10.4. The van der Waals surface area contributed by atoms with E-state index in [4.69, 9.17) is 0 Å². The number of hydrogen-bond acceptors (Lipinski definition) is 4. The van der Waals surface area contributed by atoms with Crippen LogP contribution in [0.25, 0.3) is 0 Å². The Balaban J connectivity index is 1.51. The molecule has 1 saturated heterocycles. The van der Waals surface area contributed by atoms with E-state index < -0.39 is 10.0 Å². The van der Waals surface area contributed by atoms with Crippen LogP contribution in [0.4, 0.5) is 0 Å². The number of nitrogens with one attached hydrogen (secondary N) is 1. The Morgan fingerprint density at radius 1 is 0.967 bits per heavy atom. The summed E-state index contributed by atoms with van der Waals surface area (Å²) in [5, 5.41) is 3.02. The minimum Gasteiger partial charge on any atom is -0.350 e. The second-order valence-electron chi connectivity index (χ2n) is 8.05. The Morgan fingerprint density at radius 3 is 2.23 bits per heavy atom. The van der Waals surface area contributed by atoms with Crippen LogP contribution in [0.2, 0.25) is 0 Å². The van der Waals surface area contributed by atoms with Crippen molar-refractivity contribution < 1.29 is 13.2 Å². The number of aryl methyl sites for hydroxylation is 1. The third kappa shape index (κ3) is 6.39. The van der Waals surface area contributed by atoms with Crippen molar-refractivity contribution in [3.05, 3.63) is 71.3 Å². The van der Waals surface area contributed by atoms with Crippen LogP contribution in [0.3, 0.4) is 0 Å². The Bertz CT molecular complexity index is 922. The van der Waals surface area contributed by atoms with Gasteiger partial charge in [0, 0.05) is 37.8 Å². The minimum atomic E-state index is -3.34. The maximum Gasteiger partial charge on any atom is 0.251 e. The fraction of sp³-hybridized carbons (Fsp3) is 0.435. The van der Waals surface area contributed by atoms with Gasteiger partial charge < -0.3 is 10.2 Å². The van der Waals surface area contributed by atoms with Crippen molar-refractivity contribution in [2.75, 3.05) is 33.2 Å². The molecule has 1 amide bonds. The zero-order valence-corrected chi connectivity index (χ0v) is 18.6. The first kappa shape index (κ1) is 22.5. The SMILES string of the molecule is C[C@H](CCc1ccccc1)NC(=O)c1ccc(CS(=O)(=O)N2CCN(C)CC2)cc1. The topological polar surface area (TPSA) is 69.7 Å². The number of hydrogen-bond donors (Lipinski definition) is 1. The summed E-state index contributed by atoms with van der Waals surface area (Å²) in [5.74, 6) is -0.171. The van der Waals surface area contributed by atoms with Crippen LogP contribution in [0.1, 0.15) is 34.8 Å². The predicted molar refractivity (Wildman–Crippen MR) is 120 cm³/mol. The first-order valence-corrected chi connectivity index (χ1v) is 12.0. The number of likely N-dealkylation sites (N-methyl/N-ethyl adjacent to an activating group) is 1. The molecule has 1 heterocycles. The standard InChI is InChI=1S/C23H31N3O3S/c1-19(8-9-20-6-4-3-5-7-20)24-23(27)22-12-10-21(11-13-22)18-30(28,29)26-16-14-25(2)15-17-26/h3-7,10-13,19H,8-9,14-18H2,1-2H3,(H,24,27)/t19-/m1/s1. The third-order valence-electron chi connectivity index (χ3n) is 5.51. The molecule has 30 heavy (non-hydrogen) atoms.